The maximum atomic E-state index is 12.5. The fraction of sp³-hybridized carbons (Fsp3) is 0.227. The van der Waals surface area contributed by atoms with E-state index in [0.717, 1.165) is 11.5 Å². The Balaban J connectivity index is 1.64. The number of nitrogens with one attached hydrogen (secondary N) is 1. The molecule has 0 saturated carbocycles. The molecule has 8 nitrogen and oxygen atoms in total. The summed E-state index contributed by atoms with van der Waals surface area (Å²) in [6.07, 6.45) is 2.22. The zero-order valence-electron chi connectivity index (χ0n) is 17.2. The lowest BCUT2D eigenvalue weighted by Gasteiger charge is -2.19. The highest BCUT2D eigenvalue weighted by Gasteiger charge is 2.35. The molecule has 0 radical (unpaired) electrons. The smallest absolute Gasteiger partial charge is 0.338 e. The zero-order valence-corrected chi connectivity index (χ0v) is 18.0. The fourth-order valence-corrected chi connectivity index (χ4v) is 4.26. The second-order valence-corrected chi connectivity index (χ2v) is 8.39. The lowest BCUT2D eigenvalue weighted by atomic mass is 10.1. The third-order valence-corrected chi connectivity index (χ3v) is 5.52. The van der Waals surface area contributed by atoms with Gasteiger partial charge in [-0.1, -0.05) is 32.0 Å². The quantitative estimate of drug-likeness (QED) is 0.550. The van der Waals surface area contributed by atoms with E-state index >= 15 is 0 Å². The molecule has 0 atom stereocenters. The summed E-state index contributed by atoms with van der Waals surface area (Å²) in [5.41, 5.74) is 1.03. The van der Waals surface area contributed by atoms with Gasteiger partial charge in [0.05, 0.1) is 18.2 Å². The maximum absolute atomic E-state index is 12.5. The molecule has 2 aliphatic heterocycles. The summed E-state index contributed by atoms with van der Waals surface area (Å²) in [4.78, 5) is 28.7. The number of fused-ring (bicyclic) bond motifs is 1. The van der Waals surface area contributed by atoms with Crippen molar-refractivity contribution in [1.29, 1.82) is 5.41 Å². The van der Waals surface area contributed by atoms with Crippen LogP contribution >= 0.6 is 11.8 Å². The molecule has 0 aliphatic carbocycles. The normalized spacial score (nSPS) is 17.2. The number of ether oxygens (including phenoxy) is 1. The Bertz CT molecular complexity index is 1180. The van der Waals surface area contributed by atoms with Crippen molar-refractivity contribution >= 4 is 45.8 Å². The minimum atomic E-state index is -0.516. The zero-order chi connectivity index (χ0) is 22.1. The van der Waals surface area contributed by atoms with Gasteiger partial charge in [0, 0.05) is 12.0 Å². The molecular weight excluding hydrogens is 416 g/mol. The Morgan fingerprint density at radius 1 is 1.29 bits per heavy atom. The first-order chi connectivity index (χ1) is 14.9. The summed E-state index contributed by atoms with van der Waals surface area (Å²) < 4.78 is 10.7. The van der Waals surface area contributed by atoms with Crippen LogP contribution in [0.2, 0.25) is 0 Å². The standard InChI is InChI=1S/C22H20N4O4S/c1-12(2)10-18-25-26-19(23)16(20(27)24-22(26)31-18)11-13-8-9-17(30-13)14-6-4-5-7-15(14)21(28)29-3/h4-9,11-12,23H,10H2,1-3H3/b16-11-,23-19?. The molecule has 2 aromatic rings. The molecule has 1 amide bonds. The van der Waals surface area contributed by atoms with Gasteiger partial charge in [0.2, 0.25) is 5.17 Å². The number of carbonyl (C=O) groups excluding carboxylic acids is 2. The molecule has 0 bridgehead atoms. The second-order valence-electron chi connectivity index (χ2n) is 7.35. The monoisotopic (exact) mass is 436 g/mol. The Kier molecular flexibility index (Phi) is 5.60. The van der Waals surface area contributed by atoms with Crippen molar-refractivity contribution in [3.63, 3.8) is 0 Å². The molecule has 0 fully saturated rings. The van der Waals surface area contributed by atoms with Crippen LogP contribution in [0.4, 0.5) is 0 Å². The van der Waals surface area contributed by atoms with Crippen molar-refractivity contribution in [3.8, 4) is 11.3 Å². The van der Waals surface area contributed by atoms with Crippen LogP contribution in [0.25, 0.3) is 17.4 Å². The average molecular weight is 436 g/mol. The van der Waals surface area contributed by atoms with Gasteiger partial charge in [-0.15, -0.1) is 0 Å². The number of esters is 1. The van der Waals surface area contributed by atoms with Gasteiger partial charge in [0.25, 0.3) is 5.91 Å². The van der Waals surface area contributed by atoms with E-state index < -0.39 is 11.9 Å². The fourth-order valence-electron chi connectivity index (χ4n) is 3.17. The largest absolute Gasteiger partial charge is 0.465 e. The Morgan fingerprint density at radius 2 is 2.06 bits per heavy atom. The molecule has 0 unspecified atom stereocenters. The van der Waals surface area contributed by atoms with Gasteiger partial charge in [-0.3, -0.25) is 10.2 Å². The van der Waals surface area contributed by atoms with E-state index in [-0.39, 0.29) is 11.4 Å². The van der Waals surface area contributed by atoms with Gasteiger partial charge < -0.3 is 9.15 Å². The first kappa shape index (κ1) is 20.8. The van der Waals surface area contributed by atoms with Crippen LogP contribution in [0.3, 0.4) is 0 Å². The van der Waals surface area contributed by atoms with Crippen LogP contribution in [0.5, 0.6) is 0 Å². The number of thioether (sulfide) groups is 1. The predicted octanol–water partition coefficient (Wildman–Crippen LogP) is 4.40. The van der Waals surface area contributed by atoms with Crippen molar-refractivity contribution in [3.05, 3.63) is 53.3 Å². The summed E-state index contributed by atoms with van der Waals surface area (Å²) in [6.45, 7) is 4.16. The highest BCUT2D eigenvalue weighted by atomic mass is 32.2. The first-order valence-electron chi connectivity index (χ1n) is 9.64. The molecule has 1 aromatic carbocycles. The summed E-state index contributed by atoms with van der Waals surface area (Å²) in [7, 11) is 1.32. The van der Waals surface area contributed by atoms with E-state index in [1.54, 1.807) is 36.4 Å². The lowest BCUT2D eigenvalue weighted by Crippen LogP contribution is -2.35. The number of furan rings is 1. The van der Waals surface area contributed by atoms with Crippen molar-refractivity contribution in [2.45, 2.75) is 20.3 Å². The summed E-state index contributed by atoms with van der Waals surface area (Å²) >= 11 is 1.32. The molecule has 2 aliphatic rings. The molecule has 4 rings (SSSR count). The maximum Gasteiger partial charge on any atom is 0.338 e. The van der Waals surface area contributed by atoms with Gasteiger partial charge in [-0.2, -0.15) is 15.1 Å². The Morgan fingerprint density at radius 3 is 2.81 bits per heavy atom. The highest BCUT2D eigenvalue weighted by molar-refractivity contribution is 8.26. The van der Waals surface area contributed by atoms with E-state index in [2.05, 4.69) is 23.9 Å². The number of carbonyl (C=O) groups is 2. The van der Waals surface area contributed by atoms with E-state index in [1.165, 1.54) is 30.0 Å². The Hall–Kier alpha value is -3.46. The molecule has 3 heterocycles. The third kappa shape index (κ3) is 4.09. The lowest BCUT2D eigenvalue weighted by molar-refractivity contribution is -0.114. The van der Waals surface area contributed by atoms with Crippen LogP contribution in [-0.4, -0.2) is 40.0 Å². The van der Waals surface area contributed by atoms with Crippen molar-refractivity contribution in [2.75, 3.05) is 7.11 Å². The number of amides is 1. The van der Waals surface area contributed by atoms with Crippen molar-refractivity contribution in [1.82, 2.24) is 5.01 Å². The number of aliphatic imine (C=N–C) groups is 1. The van der Waals surface area contributed by atoms with Crippen molar-refractivity contribution in [2.24, 2.45) is 16.0 Å². The number of hydrogen-bond acceptors (Lipinski definition) is 7. The SMILES string of the molecule is COC(=O)c1ccccc1-c1ccc(/C=C2/C(=N)N3N=C(CC(C)C)SC3=NC2=O)o1. The summed E-state index contributed by atoms with van der Waals surface area (Å²) in [5.74, 6) is 0.175. The van der Waals surface area contributed by atoms with E-state index in [9.17, 15) is 9.59 Å². The molecular formula is C22H20N4O4S. The minimum absolute atomic E-state index is 0.0471. The highest BCUT2D eigenvalue weighted by Crippen LogP contribution is 2.32. The van der Waals surface area contributed by atoms with Gasteiger partial charge in [0.15, 0.2) is 5.84 Å². The summed E-state index contributed by atoms with van der Waals surface area (Å²) in [6, 6.07) is 10.3. The van der Waals surface area contributed by atoms with Crippen molar-refractivity contribution < 1.29 is 18.7 Å². The third-order valence-electron chi connectivity index (χ3n) is 4.59. The van der Waals surface area contributed by atoms with Gasteiger partial charge in [-0.25, -0.2) is 4.79 Å². The topological polar surface area (TPSA) is 108 Å². The van der Waals surface area contributed by atoms with Crippen LogP contribution < -0.4 is 0 Å². The molecule has 9 heteroatoms. The van der Waals surface area contributed by atoms with Crippen LogP contribution in [0.1, 0.15) is 36.4 Å². The first-order valence-corrected chi connectivity index (χ1v) is 10.5. The second kappa shape index (κ2) is 8.35. The van der Waals surface area contributed by atoms with Crippen LogP contribution in [0, 0.1) is 11.3 Å². The number of methoxy groups -OCH3 is 1. The molecule has 1 N–H and O–H groups in total. The number of amidine groups is 2. The molecule has 31 heavy (non-hydrogen) atoms. The number of hydrazone groups is 1. The van der Waals surface area contributed by atoms with E-state index in [4.69, 9.17) is 14.6 Å². The summed E-state index contributed by atoms with van der Waals surface area (Å²) in [5, 5.41) is 15.5. The minimum Gasteiger partial charge on any atom is -0.465 e. The number of hydrogen-bond donors (Lipinski definition) is 1. The molecule has 0 spiro atoms. The Labute approximate surface area is 183 Å². The predicted molar refractivity (Wildman–Crippen MR) is 120 cm³/mol. The van der Waals surface area contributed by atoms with Gasteiger partial charge in [-0.05, 0) is 42.0 Å². The number of benzene rings is 1. The van der Waals surface area contributed by atoms with Crippen LogP contribution in [-0.2, 0) is 9.53 Å². The van der Waals surface area contributed by atoms with Crippen LogP contribution in [0.15, 0.2) is 56.5 Å². The number of nitrogens with zero attached hydrogens (tertiary/aromatic N) is 3. The average Bonchev–Trinajstić information content (AvgIpc) is 3.37. The van der Waals surface area contributed by atoms with Gasteiger partial charge >= 0.3 is 5.97 Å². The molecule has 0 saturated heterocycles. The van der Waals surface area contributed by atoms with E-state index in [1.807, 2.05) is 0 Å². The number of rotatable bonds is 5. The van der Waals surface area contributed by atoms with Gasteiger partial charge in [0.1, 0.15) is 16.6 Å². The molecule has 158 valence electrons. The molecule has 1 aromatic heterocycles. The van der Waals surface area contributed by atoms with E-state index in [0.29, 0.717) is 33.7 Å².